The van der Waals surface area contributed by atoms with E-state index in [1.165, 1.54) is 11.1 Å². The van der Waals surface area contributed by atoms with Gasteiger partial charge in [0.15, 0.2) is 17.2 Å². The molecule has 324 valence electrons. The Morgan fingerprint density at radius 1 is 0.388 bits per heavy atom. The fourth-order valence-electron chi connectivity index (χ4n) is 10.7. The van der Waals surface area contributed by atoms with Crippen molar-refractivity contribution in [3.05, 3.63) is 246 Å². The van der Waals surface area contributed by atoms with Crippen molar-refractivity contribution in [2.24, 2.45) is 0 Å². The molecule has 0 saturated carbocycles. The number of hydrogen-bond acceptors (Lipinski definition) is 5. The number of ether oxygens (including phenoxy) is 2. The van der Waals surface area contributed by atoms with Crippen LogP contribution in [0, 0.1) is 0 Å². The third kappa shape index (κ3) is 6.45. The van der Waals surface area contributed by atoms with Gasteiger partial charge in [-0.25, -0.2) is 0 Å². The summed E-state index contributed by atoms with van der Waals surface area (Å²) in [5.41, 5.74) is 15.0. The smallest absolute Gasteiger partial charge is 0.176 e. The molecule has 0 unspecified atom stereocenters. The first kappa shape index (κ1) is 40.2. The predicted octanol–water partition coefficient (Wildman–Crippen LogP) is 17.4. The van der Waals surface area contributed by atoms with Gasteiger partial charge in [-0.15, -0.1) is 0 Å². The highest BCUT2D eigenvalue weighted by atomic mass is 16.5. The van der Waals surface area contributed by atoms with Crippen LogP contribution in [0.2, 0.25) is 0 Å². The predicted molar refractivity (Wildman–Crippen MR) is 277 cm³/mol. The van der Waals surface area contributed by atoms with Crippen LogP contribution in [0.15, 0.2) is 212 Å². The molecular weight excluding hydrogens is 819 g/mol. The molecule has 0 N–H and O–H groups in total. The summed E-state index contributed by atoms with van der Waals surface area (Å²) < 4.78 is 14.6. The van der Waals surface area contributed by atoms with Crippen LogP contribution in [0.3, 0.4) is 0 Å². The second-order valence-electron chi connectivity index (χ2n) is 18.5. The van der Waals surface area contributed by atoms with Crippen LogP contribution in [-0.2, 0) is 10.8 Å². The van der Waals surface area contributed by atoms with Gasteiger partial charge in [-0.05, 0) is 108 Å². The Labute approximate surface area is 393 Å². The minimum atomic E-state index is -0.591. The number of nitrogens with zero attached hydrogens (tertiary/aromatic N) is 3. The van der Waals surface area contributed by atoms with E-state index in [1.807, 2.05) is 0 Å². The SMILES string of the molecule is CC1(C)c2cc(N(c3ccccc3)c3ccccc3)c3c(c2C=Cc2c1cc(N(c1ccccc1)c1ccccc1)c1c2C(C)(C)c2ccccc2O1)N(c1ccccc1)c1ccccc1O3. The van der Waals surface area contributed by atoms with Crippen LogP contribution in [-0.4, -0.2) is 0 Å². The van der Waals surface area contributed by atoms with Gasteiger partial charge in [-0.2, -0.15) is 0 Å². The monoisotopic (exact) mass is 867 g/mol. The Morgan fingerprint density at radius 3 is 1.36 bits per heavy atom. The van der Waals surface area contributed by atoms with E-state index in [2.05, 4.69) is 267 Å². The number of anilines is 9. The summed E-state index contributed by atoms with van der Waals surface area (Å²) in [5.74, 6) is 3.30. The van der Waals surface area contributed by atoms with Crippen LogP contribution < -0.4 is 24.2 Å². The largest absolute Gasteiger partial charge is 0.454 e. The zero-order valence-corrected chi connectivity index (χ0v) is 38.0. The van der Waals surface area contributed by atoms with Crippen molar-refractivity contribution in [1.29, 1.82) is 0 Å². The molecule has 12 rings (SSSR count). The van der Waals surface area contributed by atoms with E-state index < -0.39 is 10.8 Å². The van der Waals surface area contributed by atoms with Gasteiger partial charge in [-0.1, -0.05) is 161 Å². The van der Waals surface area contributed by atoms with Crippen molar-refractivity contribution in [3.63, 3.8) is 0 Å². The third-order valence-electron chi connectivity index (χ3n) is 13.8. The van der Waals surface area contributed by atoms with Crippen LogP contribution in [0.4, 0.5) is 51.2 Å². The zero-order chi connectivity index (χ0) is 45.3. The van der Waals surface area contributed by atoms with Gasteiger partial charge in [0.2, 0.25) is 0 Å². The molecule has 0 fully saturated rings. The minimum absolute atomic E-state index is 0.444. The van der Waals surface area contributed by atoms with E-state index >= 15 is 0 Å². The molecule has 0 spiro atoms. The van der Waals surface area contributed by atoms with E-state index in [9.17, 15) is 0 Å². The summed E-state index contributed by atoms with van der Waals surface area (Å²) in [6.45, 7) is 9.49. The molecule has 67 heavy (non-hydrogen) atoms. The number of para-hydroxylation sites is 8. The van der Waals surface area contributed by atoms with E-state index in [1.54, 1.807) is 0 Å². The maximum absolute atomic E-state index is 7.30. The molecule has 0 aromatic heterocycles. The summed E-state index contributed by atoms with van der Waals surface area (Å²) in [5, 5.41) is 0. The Hall–Kier alpha value is -8.28. The normalized spacial score (nSPS) is 14.4. The van der Waals surface area contributed by atoms with E-state index in [4.69, 9.17) is 9.47 Å². The van der Waals surface area contributed by atoms with Crippen LogP contribution in [0.5, 0.6) is 23.0 Å². The fourth-order valence-corrected chi connectivity index (χ4v) is 10.7. The molecule has 5 nitrogen and oxygen atoms in total. The summed E-state index contributed by atoms with van der Waals surface area (Å²) in [7, 11) is 0. The second-order valence-corrected chi connectivity index (χ2v) is 18.5. The van der Waals surface area contributed by atoms with Crippen molar-refractivity contribution >= 4 is 63.3 Å². The van der Waals surface area contributed by atoms with Gasteiger partial charge in [0.05, 0.1) is 22.7 Å². The highest BCUT2D eigenvalue weighted by Crippen LogP contribution is 2.62. The van der Waals surface area contributed by atoms with Crippen LogP contribution in [0.1, 0.15) is 61.1 Å². The van der Waals surface area contributed by atoms with Gasteiger partial charge >= 0.3 is 0 Å². The quantitative estimate of drug-likeness (QED) is 0.159. The number of fused-ring (bicyclic) bond motifs is 8. The standard InChI is InChI=1S/C62H49N3O2/c1-61(2)50-40-53(63(42-24-10-5-11-25-42)43-26-12-6-13-27-43)59-57(62(3,4)49-34-20-22-36-55(49)66-59)47(50)38-39-48-51(61)41-54(64(44-28-14-7-15-29-44)45-30-16-8-17-31-45)60-58(48)65(46-32-18-9-19-33-46)52-35-21-23-37-56(52)67-60/h5-41H,1-4H3. The molecule has 3 aliphatic rings. The molecule has 5 heteroatoms. The van der Waals surface area contributed by atoms with Crippen molar-refractivity contribution in [3.8, 4) is 23.0 Å². The van der Waals surface area contributed by atoms with Crippen LogP contribution >= 0.6 is 0 Å². The number of rotatable bonds is 7. The maximum Gasteiger partial charge on any atom is 0.176 e. The topological polar surface area (TPSA) is 28.2 Å². The average molecular weight is 868 g/mol. The Balaban J connectivity index is 1.21. The number of hydrogen-bond donors (Lipinski definition) is 0. The molecule has 1 aliphatic carbocycles. The van der Waals surface area contributed by atoms with Crippen molar-refractivity contribution < 1.29 is 9.47 Å². The Morgan fingerprint density at radius 2 is 0.806 bits per heavy atom. The molecule has 0 amide bonds. The van der Waals surface area contributed by atoms with Crippen molar-refractivity contribution in [2.45, 2.75) is 38.5 Å². The van der Waals surface area contributed by atoms with Gasteiger partial charge in [0.1, 0.15) is 5.75 Å². The maximum atomic E-state index is 7.30. The summed E-state index contributed by atoms with van der Waals surface area (Å²) in [4.78, 5) is 7.11. The number of benzene rings is 9. The zero-order valence-electron chi connectivity index (χ0n) is 38.0. The molecule has 2 heterocycles. The highest BCUT2D eigenvalue weighted by Gasteiger charge is 2.44. The first-order chi connectivity index (χ1) is 32.8. The highest BCUT2D eigenvalue weighted by molar-refractivity contribution is 6.01. The fraction of sp³-hybridized carbons (Fsp3) is 0.0968. The molecule has 0 bridgehead atoms. The average Bonchev–Trinajstić information content (AvgIpc) is 3.47. The lowest BCUT2D eigenvalue weighted by molar-refractivity contribution is 0.417. The van der Waals surface area contributed by atoms with Crippen molar-refractivity contribution in [1.82, 2.24) is 0 Å². The Bertz CT molecular complexity index is 3270. The lowest BCUT2D eigenvalue weighted by Gasteiger charge is -2.42. The van der Waals surface area contributed by atoms with Crippen molar-refractivity contribution in [2.75, 3.05) is 14.7 Å². The molecular formula is C62H49N3O2. The van der Waals surface area contributed by atoms with E-state index in [0.717, 1.165) is 96.4 Å². The van der Waals surface area contributed by atoms with Gasteiger partial charge in [0, 0.05) is 56.0 Å². The minimum Gasteiger partial charge on any atom is -0.454 e. The first-order valence-electron chi connectivity index (χ1n) is 23.1. The second kappa shape index (κ2) is 15.7. The van der Waals surface area contributed by atoms with E-state index in [0.29, 0.717) is 0 Å². The summed E-state index contributed by atoms with van der Waals surface area (Å²) in [6, 6.07) is 75.0. The molecule has 9 aromatic carbocycles. The van der Waals surface area contributed by atoms with Gasteiger partial charge < -0.3 is 24.2 Å². The Kier molecular flexibility index (Phi) is 9.44. The molecule has 0 saturated heterocycles. The van der Waals surface area contributed by atoms with Gasteiger partial charge in [-0.3, -0.25) is 0 Å². The summed E-state index contributed by atoms with van der Waals surface area (Å²) in [6.07, 6.45) is 4.70. The lowest BCUT2D eigenvalue weighted by atomic mass is 9.68. The van der Waals surface area contributed by atoms with E-state index in [-0.39, 0.29) is 0 Å². The third-order valence-corrected chi connectivity index (χ3v) is 13.8. The first-order valence-corrected chi connectivity index (χ1v) is 23.1. The molecule has 9 aromatic rings. The van der Waals surface area contributed by atoms with Gasteiger partial charge in [0.25, 0.3) is 0 Å². The molecule has 2 aliphatic heterocycles. The summed E-state index contributed by atoms with van der Waals surface area (Å²) >= 11 is 0. The molecule has 0 atom stereocenters. The lowest BCUT2D eigenvalue weighted by Crippen LogP contribution is -2.30. The molecule has 0 radical (unpaired) electrons. The van der Waals surface area contributed by atoms with Crippen LogP contribution in [0.25, 0.3) is 12.2 Å².